The van der Waals surface area contributed by atoms with Crippen LogP contribution < -0.4 is 0 Å². The fourth-order valence-corrected chi connectivity index (χ4v) is 2.00. The SMILES string of the molecule is CC(c1ccc(-c2ccnc(CO)c2)cc1)N(C)C. The van der Waals surface area contributed by atoms with E-state index in [4.69, 9.17) is 5.11 Å². The highest BCUT2D eigenvalue weighted by molar-refractivity contribution is 5.63. The zero-order chi connectivity index (χ0) is 13.8. The van der Waals surface area contributed by atoms with Crippen molar-refractivity contribution in [1.29, 1.82) is 0 Å². The number of hydrogen-bond donors (Lipinski definition) is 1. The third kappa shape index (κ3) is 3.19. The first kappa shape index (κ1) is 13.7. The second kappa shape index (κ2) is 5.95. The van der Waals surface area contributed by atoms with Crippen LogP contribution in [-0.4, -0.2) is 29.1 Å². The summed E-state index contributed by atoms with van der Waals surface area (Å²) in [6, 6.07) is 12.8. The van der Waals surface area contributed by atoms with Crippen LogP contribution in [0.4, 0.5) is 0 Å². The minimum Gasteiger partial charge on any atom is -0.390 e. The molecular formula is C16H20N2O. The molecule has 0 saturated carbocycles. The largest absolute Gasteiger partial charge is 0.390 e. The second-order valence-corrected chi connectivity index (χ2v) is 4.96. The van der Waals surface area contributed by atoms with E-state index in [0.29, 0.717) is 11.7 Å². The maximum Gasteiger partial charge on any atom is 0.0853 e. The lowest BCUT2D eigenvalue weighted by atomic mass is 10.0. The molecule has 0 amide bonds. The lowest BCUT2D eigenvalue weighted by Gasteiger charge is -2.20. The Balaban J connectivity index is 2.27. The number of nitrogens with zero attached hydrogens (tertiary/aromatic N) is 2. The third-order valence-electron chi connectivity index (χ3n) is 3.48. The van der Waals surface area contributed by atoms with Crippen LogP contribution in [0, 0.1) is 0 Å². The summed E-state index contributed by atoms with van der Waals surface area (Å²) in [5.41, 5.74) is 4.23. The van der Waals surface area contributed by atoms with Crippen LogP contribution in [0.15, 0.2) is 42.6 Å². The Morgan fingerprint density at radius 1 is 1.11 bits per heavy atom. The second-order valence-electron chi connectivity index (χ2n) is 4.96. The van der Waals surface area contributed by atoms with E-state index in [9.17, 15) is 0 Å². The molecule has 3 nitrogen and oxygen atoms in total. The van der Waals surface area contributed by atoms with Crippen molar-refractivity contribution in [3.63, 3.8) is 0 Å². The lowest BCUT2D eigenvalue weighted by Crippen LogP contribution is -2.16. The van der Waals surface area contributed by atoms with E-state index in [1.54, 1.807) is 6.20 Å². The van der Waals surface area contributed by atoms with Crippen molar-refractivity contribution in [2.24, 2.45) is 0 Å². The van der Waals surface area contributed by atoms with E-state index in [1.807, 2.05) is 12.1 Å². The molecule has 0 spiro atoms. The number of aliphatic hydroxyl groups is 1. The van der Waals surface area contributed by atoms with Gasteiger partial charge in [0.25, 0.3) is 0 Å². The molecule has 100 valence electrons. The van der Waals surface area contributed by atoms with Gasteiger partial charge in [0.05, 0.1) is 12.3 Å². The zero-order valence-electron chi connectivity index (χ0n) is 11.7. The highest BCUT2D eigenvalue weighted by atomic mass is 16.3. The summed E-state index contributed by atoms with van der Waals surface area (Å²) in [5, 5.41) is 9.12. The zero-order valence-corrected chi connectivity index (χ0v) is 11.7. The quantitative estimate of drug-likeness (QED) is 0.913. The van der Waals surface area contributed by atoms with Crippen LogP contribution >= 0.6 is 0 Å². The van der Waals surface area contributed by atoms with Gasteiger partial charge >= 0.3 is 0 Å². The van der Waals surface area contributed by atoms with E-state index in [2.05, 4.69) is 55.2 Å². The molecule has 1 atom stereocenters. The Morgan fingerprint density at radius 2 is 1.79 bits per heavy atom. The Morgan fingerprint density at radius 3 is 2.37 bits per heavy atom. The molecule has 19 heavy (non-hydrogen) atoms. The predicted molar refractivity (Wildman–Crippen MR) is 77.7 cm³/mol. The first-order valence-corrected chi connectivity index (χ1v) is 6.44. The highest BCUT2D eigenvalue weighted by Crippen LogP contribution is 2.23. The summed E-state index contributed by atoms with van der Waals surface area (Å²) < 4.78 is 0. The first-order valence-electron chi connectivity index (χ1n) is 6.44. The maximum atomic E-state index is 9.12. The topological polar surface area (TPSA) is 36.4 Å². The minimum atomic E-state index is -0.0242. The van der Waals surface area contributed by atoms with Gasteiger partial charge in [-0.05, 0) is 49.8 Å². The summed E-state index contributed by atoms with van der Waals surface area (Å²) >= 11 is 0. The number of hydrogen-bond acceptors (Lipinski definition) is 3. The van der Waals surface area contributed by atoms with E-state index < -0.39 is 0 Å². The normalized spacial score (nSPS) is 12.7. The monoisotopic (exact) mass is 256 g/mol. The van der Waals surface area contributed by atoms with Gasteiger partial charge in [0.15, 0.2) is 0 Å². The third-order valence-corrected chi connectivity index (χ3v) is 3.48. The summed E-state index contributed by atoms with van der Waals surface area (Å²) in [6.45, 7) is 2.16. The van der Waals surface area contributed by atoms with Gasteiger partial charge < -0.3 is 10.0 Å². The highest BCUT2D eigenvalue weighted by Gasteiger charge is 2.07. The van der Waals surface area contributed by atoms with Crippen molar-refractivity contribution < 1.29 is 5.11 Å². The van der Waals surface area contributed by atoms with Crippen LogP contribution in [0.3, 0.4) is 0 Å². The fourth-order valence-electron chi connectivity index (χ4n) is 2.00. The smallest absolute Gasteiger partial charge is 0.0853 e. The van der Waals surface area contributed by atoms with Crippen molar-refractivity contribution in [2.45, 2.75) is 19.6 Å². The summed E-state index contributed by atoms with van der Waals surface area (Å²) in [7, 11) is 4.16. The Bertz CT molecular complexity index is 535. The number of aromatic nitrogens is 1. The van der Waals surface area contributed by atoms with Gasteiger partial charge in [-0.3, -0.25) is 4.98 Å². The van der Waals surface area contributed by atoms with Crippen LogP contribution in [0.2, 0.25) is 0 Å². The van der Waals surface area contributed by atoms with Crippen LogP contribution in [-0.2, 0) is 6.61 Å². The Hall–Kier alpha value is -1.71. The molecule has 1 aromatic heterocycles. The molecule has 0 aliphatic carbocycles. The van der Waals surface area contributed by atoms with E-state index >= 15 is 0 Å². The summed E-state index contributed by atoms with van der Waals surface area (Å²) in [4.78, 5) is 6.28. The molecule has 1 aromatic carbocycles. The van der Waals surface area contributed by atoms with Crippen molar-refractivity contribution in [2.75, 3.05) is 14.1 Å². The molecule has 0 saturated heterocycles. The van der Waals surface area contributed by atoms with Crippen molar-refractivity contribution in [3.05, 3.63) is 53.9 Å². The summed E-state index contributed by atoms with van der Waals surface area (Å²) in [5.74, 6) is 0. The van der Waals surface area contributed by atoms with Crippen molar-refractivity contribution >= 4 is 0 Å². The van der Waals surface area contributed by atoms with Crippen LogP contribution in [0.1, 0.15) is 24.2 Å². The molecule has 2 rings (SSSR count). The van der Waals surface area contributed by atoms with Gasteiger partial charge in [-0.25, -0.2) is 0 Å². The van der Waals surface area contributed by atoms with Crippen LogP contribution in [0.25, 0.3) is 11.1 Å². The number of aliphatic hydroxyl groups excluding tert-OH is 1. The van der Waals surface area contributed by atoms with E-state index in [-0.39, 0.29) is 6.61 Å². The molecule has 0 fully saturated rings. The lowest BCUT2D eigenvalue weighted by molar-refractivity contribution is 0.277. The number of pyridine rings is 1. The summed E-state index contributed by atoms with van der Waals surface area (Å²) in [6.07, 6.45) is 1.73. The van der Waals surface area contributed by atoms with E-state index in [0.717, 1.165) is 11.1 Å². The Labute approximate surface area is 114 Å². The minimum absolute atomic E-state index is 0.0242. The molecule has 1 heterocycles. The van der Waals surface area contributed by atoms with Gasteiger partial charge in [-0.1, -0.05) is 24.3 Å². The standard InChI is InChI=1S/C16H20N2O/c1-12(18(2)3)13-4-6-14(7-5-13)15-8-9-17-16(10-15)11-19/h4-10,12,19H,11H2,1-3H3. The average molecular weight is 256 g/mol. The first-order chi connectivity index (χ1) is 9.11. The van der Waals surface area contributed by atoms with Gasteiger partial charge in [0, 0.05) is 12.2 Å². The van der Waals surface area contributed by atoms with Gasteiger partial charge in [0.1, 0.15) is 0 Å². The molecule has 0 aliphatic rings. The van der Waals surface area contributed by atoms with Crippen molar-refractivity contribution in [1.82, 2.24) is 9.88 Å². The molecule has 0 radical (unpaired) electrons. The van der Waals surface area contributed by atoms with Crippen molar-refractivity contribution in [3.8, 4) is 11.1 Å². The predicted octanol–water partition coefficient (Wildman–Crippen LogP) is 2.86. The Kier molecular flexibility index (Phi) is 4.30. The van der Waals surface area contributed by atoms with E-state index in [1.165, 1.54) is 5.56 Å². The molecule has 1 unspecified atom stereocenters. The average Bonchev–Trinajstić information content (AvgIpc) is 2.46. The molecule has 0 aliphatic heterocycles. The molecule has 1 N–H and O–H groups in total. The van der Waals surface area contributed by atoms with Crippen LogP contribution in [0.5, 0.6) is 0 Å². The molecule has 2 aromatic rings. The van der Waals surface area contributed by atoms with Gasteiger partial charge in [0.2, 0.25) is 0 Å². The maximum absolute atomic E-state index is 9.12. The molecular weight excluding hydrogens is 236 g/mol. The number of rotatable bonds is 4. The number of benzene rings is 1. The molecule has 0 bridgehead atoms. The molecule has 3 heteroatoms. The fraction of sp³-hybridized carbons (Fsp3) is 0.312. The van der Waals surface area contributed by atoms with Gasteiger partial charge in [-0.15, -0.1) is 0 Å². The van der Waals surface area contributed by atoms with Gasteiger partial charge in [-0.2, -0.15) is 0 Å².